The van der Waals surface area contributed by atoms with Gasteiger partial charge in [0, 0.05) is 23.2 Å². The van der Waals surface area contributed by atoms with Crippen LogP contribution in [-0.4, -0.2) is 33.5 Å². The second-order valence-corrected chi connectivity index (χ2v) is 9.92. The Hall–Kier alpha value is -1.26. The summed E-state index contributed by atoms with van der Waals surface area (Å²) in [5.74, 6) is 0.700. The number of Topliss-reactive ketones (excluding diaryl/α,β-unsaturated/α-hetero) is 1. The van der Waals surface area contributed by atoms with Crippen molar-refractivity contribution < 1.29 is 19.8 Å². The third-order valence-corrected chi connectivity index (χ3v) is 8.75. The molecule has 0 spiro atoms. The van der Waals surface area contributed by atoms with E-state index in [9.17, 15) is 19.8 Å². The number of hydrogen-bond acceptors (Lipinski definition) is 4. The molecule has 4 aliphatic carbocycles. The minimum Gasteiger partial charge on any atom is -0.393 e. The Bertz CT molecular complexity index is 751. The van der Waals surface area contributed by atoms with Crippen LogP contribution in [0.1, 0.15) is 59.8 Å². The van der Waals surface area contributed by atoms with Gasteiger partial charge in [0.05, 0.1) is 6.10 Å². The van der Waals surface area contributed by atoms with Gasteiger partial charge in [-0.2, -0.15) is 0 Å². The average molecular weight is 373 g/mol. The van der Waals surface area contributed by atoms with Crippen molar-refractivity contribution >= 4 is 11.6 Å². The molecule has 0 heterocycles. The second-order valence-electron chi connectivity index (χ2n) is 9.92. The molecular weight excluding hydrogens is 340 g/mol. The molecule has 0 bridgehead atoms. The highest BCUT2D eigenvalue weighted by Crippen LogP contribution is 2.67. The van der Waals surface area contributed by atoms with E-state index in [2.05, 4.69) is 13.8 Å². The Morgan fingerprint density at radius 2 is 2.04 bits per heavy atom. The molecule has 0 saturated heterocycles. The van der Waals surface area contributed by atoms with Gasteiger partial charge in [-0.3, -0.25) is 9.59 Å². The molecule has 0 aromatic carbocycles. The van der Waals surface area contributed by atoms with Crippen molar-refractivity contribution in [3.05, 3.63) is 23.8 Å². The lowest BCUT2D eigenvalue weighted by atomic mass is 9.44. The van der Waals surface area contributed by atoms with E-state index in [-0.39, 0.29) is 40.7 Å². The molecule has 0 aliphatic heterocycles. The lowest BCUT2D eigenvalue weighted by Gasteiger charge is -2.60. The molecule has 4 rings (SSSR count). The first kappa shape index (κ1) is 19.1. The number of rotatable bonds is 2. The standard InChI is InChI=1S/C23H32O4/c1-5-19(26)23(27)9-7-16-15-10-13(2)17-11-14(24)6-8-21(17,3)20(15)18(25)12-22(16,23)4/h6,8,11,13,15-16,18,20,25,27H,5,7,9-10,12H2,1-4H3/t13-,15-,16-,18-,20+,21-,22-,23-/m0/s1. The lowest BCUT2D eigenvalue weighted by Crippen LogP contribution is -2.62. The van der Waals surface area contributed by atoms with E-state index in [1.165, 1.54) is 0 Å². The van der Waals surface area contributed by atoms with Crippen molar-refractivity contribution in [3.8, 4) is 0 Å². The molecule has 8 atom stereocenters. The van der Waals surface area contributed by atoms with Crippen LogP contribution in [-0.2, 0) is 9.59 Å². The van der Waals surface area contributed by atoms with Crippen LogP contribution in [0.25, 0.3) is 0 Å². The maximum Gasteiger partial charge on any atom is 0.178 e. The number of carbonyl (C=O) groups is 2. The summed E-state index contributed by atoms with van der Waals surface area (Å²) in [6.07, 6.45) is 7.83. The highest BCUT2D eigenvalue weighted by atomic mass is 16.3. The predicted molar refractivity (Wildman–Crippen MR) is 103 cm³/mol. The largest absolute Gasteiger partial charge is 0.393 e. The molecule has 4 heteroatoms. The van der Waals surface area contributed by atoms with Crippen LogP contribution >= 0.6 is 0 Å². The number of ketones is 2. The lowest BCUT2D eigenvalue weighted by molar-refractivity contribution is -0.178. The fourth-order valence-electron chi connectivity index (χ4n) is 7.50. The first-order valence-electron chi connectivity index (χ1n) is 10.5. The fourth-order valence-corrected chi connectivity index (χ4v) is 7.50. The smallest absolute Gasteiger partial charge is 0.178 e. The van der Waals surface area contributed by atoms with Crippen LogP contribution in [0.5, 0.6) is 0 Å². The van der Waals surface area contributed by atoms with Gasteiger partial charge in [0.25, 0.3) is 0 Å². The molecule has 3 saturated carbocycles. The maximum absolute atomic E-state index is 12.7. The Morgan fingerprint density at radius 3 is 2.70 bits per heavy atom. The number of aliphatic hydroxyl groups is 2. The Balaban J connectivity index is 1.78. The van der Waals surface area contributed by atoms with Crippen molar-refractivity contribution in [3.63, 3.8) is 0 Å². The zero-order valence-electron chi connectivity index (χ0n) is 16.9. The van der Waals surface area contributed by atoms with E-state index in [0.29, 0.717) is 19.3 Å². The fraction of sp³-hybridized carbons (Fsp3) is 0.739. The zero-order valence-corrected chi connectivity index (χ0v) is 16.9. The van der Waals surface area contributed by atoms with Crippen LogP contribution in [0.2, 0.25) is 0 Å². The molecular formula is C23H32O4. The Labute approximate surface area is 161 Å². The van der Waals surface area contributed by atoms with Gasteiger partial charge in [0.15, 0.2) is 11.6 Å². The summed E-state index contributed by atoms with van der Waals surface area (Å²) in [7, 11) is 0. The Morgan fingerprint density at radius 1 is 1.33 bits per heavy atom. The normalized spacial score (nSPS) is 51.3. The molecule has 3 fully saturated rings. The molecule has 0 radical (unpaired) electrons. The first-order valence-corrected chi connectivity index (χ1v) is 10.5. The molecule has 0 unspecified atom stereocenters. The average Bonchev–Trinajstić information content (AvgIpc) is 2.87. The number of carbonyl (C=O) groups excluding carboxylic acids is 2. The van der Waals surface area contributed by atoms with E-state index < -0.39 is 17.1 Å². The van der Waals surface area contributed by atoms with E-state index in [0.717, 1.165) is 18.4 Å². The van der Waals surface area contributed by atoms with Crippen molar-refractivity contribution in [1.29, 1.82) is 0 Å². The summed E-state index contributed by atoms with van der Waals surface area (Å²) in [4.78, 5) is 24.6. The van der Waals surface area contributed by atoms with Gasteiger partial charge in [0.1, 0.15) is 5.60 Å². The summed E-state index contributed by atoms with van der Waals surface area (Å²) in [5, 5.41) is 22.7. The number of aliphatic hydroxyl groups excluding tert-OH is 1. The van der Waals surface area contributed by atoms with Crippen LogP contribution in [0.4, 0.5) is 0 Å². The van der Waals surface area contributed by atoms with Gasteiger partial charge in [-0.15, -0.1) is 0 Å². The van der Waals surface area contributed by atoms with Gasteiger partial charge < -0.3 is 10.2 Å². The molecule has 4 aliphatic rings. The molecule has 4 nitrogen and oxygen atoms in total. The molecule has 148 valence electrons. The SMILES string of the molecule is CCC(=O)[C@@]1(O)CC[C@H]2[C@@H]3C[C@H](C)C4=CC(=O)C=C[C@]4(C)[C@H]3[C@@H](O)C[C@@]21C. The van der Waals surface area contributed by atoms with Gasteiger partial charge >= 0.3 is 0 Å². The zero-order chi connectivity index (χ0) is 19.8. The molecule has 0 aromatic rings. The minimum atomic E-state index is -1.32. The van der Waals surface area contributed by atoms with E-state index in [1.54, 1.807) is 12.2 Å². The predicted octanol–water partition coefficient (Wildman–Crippen LogP) is 3.22. The van der Waals surface area contributed by atoms with Crippen LogP contribution < -0.4 is 0 Å². The summed E-state index contributed by atoms with van der Waals surface area (Å²) >= 11 is 0. The summed E-state index contributed by atoms with van der Waals surface area (Å²) in [5.41, 5.74) is -1.09. The van der Waals surface area contributed by atoms with E-state index >= 15 is 0 Å². The molecule has 0 amide bonds. The van der Waals surface area contributed by atoms with Crippen molar-refractivity contribution in [2.75, 3.05) is 0 Å². The van der Waals surface area contributed by atoms with Gasteiger partial charge in [-0.1, -0.05) is 39.3 Å². The third kappa shape index (κ3) is 2.29. The van der Waals surface area contributed by atoms with Crippen molar-refractivity contribution in [1.82, 2.24) is 0 Å². The van der Waals surface area contributed by atoms with Crippen LogP contribution in [0.15, 0.2) is 23.8 Å². The maximum atomic E-state index is 12.7. The highest BCUT2D eigenvalue weighted by molar-refractivity contribution is 6.01. The van der Waals surface area contributed by atoms with Gasteiger partial charge in [0.2, 0.25) is 0 Å². The van der Waals surface area contributed by atoms with E-state index in [4.69, 9.17) is 0 Å². The second kappa shape index (κ2) is 5.87. The third-order valence-electron chi connectivity index (χ3n) is 8.75. The monoisotopic (exact) mass is 372 g/mol. The Kier molecular flexibility index (Phi) is 4.15. The highest BCUT2D eigenvalue weighted by Gasteiger charge is 2.68. The summed E-state index contributed by atoms with van der Waals surface area (Å²) in [6, 6.07) is 0. The van der Waals surface area contributed by atoms with Gasteiger partial charge in [-0.05, 0) is 55.6 Å². The molecule has 2 N–H and O–H groups in total. The molecule has 0 aromatic heterocycles. The van der Waals surface area contributed by atoms with Crippen LogP contribution in [0.3, 0.4) is 0 Å². The van der Waals surface area contributed by atoms with E-state index in [1.807, 2.05) is 19.9 Å². The van der Waals surface area contributed by atoms with Crippen molar-refractivity contribution in [2.45, 2.75) is 71.5 Å². The minimum absolute atomic E-state index is 0.0291. The van der Waals surface area contributed by atoms with Gasteiger partial charge in [-0.25, -0.2) is 0 Å². The number of allylic oxidation sites excluding steroid dienone is 4. The van der Waals surface area contributed by atoms with Crippen molar-refractivity contribution in [2.24, 2.45) is 34.5 Å². The summed E-state index contributed by atoms with van der Waals surface area (Å²) < 4.78 is 0. The first-order chi connectivity index (χ1) is 12.6. The topological polar surface area (TPSA) is 74.6 Å². The number of fused-ring (bicyclic) bond motifs is 5. The quantitative estimate of drug-likeness (QED) is 0.780. The number of hydrogen-bond donors (Lipinski definition) is 2. The molecule has 27 heavy (non-hydrogen) atoms. The summed E-state index contributed by atoms with van der Waals surface area (Å²) in [6.45, 7) is 8.16. The van der Waals surface area contributed by atoms with Crippen LogP contribution in [0, 0.1) is 34.5 Å².